The van der Waals surface area contributed by atoms with Gasteiger partial charge in [0.1, 0.15) is 0 Å². The summed E-state index contributed by atoms with van der Waals surface area (Å²) >= 11 is 12.0. The van der Waals surface area contributed by atoms with Gasteiger partial charge < -0.3 is 10.2 Å². The third kappa shape index (κ3) is 2.81. The van der Waals surface area contributed by atoms with Crippen molar-refractivity contribution in [3.05, 3.63) is 76.1 Å². The number of halogens is 2. The lowest BCUT2D eigenvalue weighted by Crippen LogP contribution is -2.03. The fourth-order valence-electron chi connectivity index (χ4n) is 2.59. The second kappa shape index (κ2) is 6.44. The molecule has 2 heterocycles. The summed E-state index contributed by atoms with van der Waals surface area (Å²) in [5.41, 5.74) is 7.58. The Morgan fingerprint density at radius 3 is 2.58 bits per heavy atom. The molecule has 0 atom stereocenters. The van der Waals surface area contributed by atoms with Gasteiger partial charge in [-0.25, -0.2) is 4.98 Å². The SMILES string of the molecule is Nc1c(C(=O)c2ccc(Cl)cc2Cl)oc2nc(-c3ccccc3)ncc12. The van der Waals surface area contributed by atoms with Crippen molar-refractivity contribution in [1.82, 2.24) is 9.97 Å². The van der Waals surface area contributed by atoms with Gasteiger partial charge in [0.15, 0.2) is 5.82 Å². The predicted molar refractivity (Wildman–Crippen MR) is 102 cm³/mol. The first kappa shape index (κ1) is 16.6. The molecule has 4 rings (SSSR count). The average Bonchev–Trinajstić information content (AvgIpc) is 2.98. The number of hydrogen-bond acceptors (Lipinski definition) is 5. The minimum absolute atomic E-state index is 0.0243. The monoisotopic (exact) mass is 383 g/mol. The number of nitrogens with zero attached hydrogens (tertiary/aromatic N) is 2. The van der Waals surface area contributed by atoms with Gasteiger partial charge in [-0.1, -0.05) is 53.5 Å². The number of rotatable bonds is 3. The van der Waals surface area contributed by atoms with Crippen LogP contribution >= 0.6 is 23.2 Å². The molecule has 0 bridgehead atoms. The summed E-state index contributed by atoms with van der Waals surface area (Å²) < 4.78 is 5.65. The van der Waals surface area contributed by atoms with Crippen LogP contribution in [0.4, 0.5) is 5.69 Å². The van der Waals surface area contributed by atoms with E-state index in [1.165, 1.54) is 12.1 Å². The number of furan rings is 1. The van der Waals surface area contributed by atoms with E-state index in [0.29, 0.717) is 16.2 Å². The van der Waals surface area contributed by atoms with Gasteiger partial charge in [0.25, 0.3) is 0 Å². The number of ketones is 1. The van der Waals surface area contributed by atoms with Crippen molar-refractivity contribution in [3.8, 4) is 11.4 Å². The number of nitrogen functional groups attached to an aromatic ring is 1. The summed E-state index contributed by atoms with van der Waals surface area (Å²) in [6.07, 6.45) is 1.55. The number of carbonyl (C=O) groups excluding carboxylic acids is 1. The molecule has 7 heteroatoms. The van der Waals surface area contributed by atoms with Crippen LogP contribution in [0.3, 0.4) is 0 Å². The van der Waals surface area contributed by atoms with Crippen LogP contribution in [-0.4, -0.2) is 15.8 Å². The fraction of sp³-hybridized carbons (Fsp3) is 0. The highest BCUT2D eigenvalue weighted by Gasteiger charge is 2.23. The molecular weight excluding hydrogens is 373 g/mol. The number of nitrogens with two attached hydrogens (primary N) is 1. The predicted octanol–water partition coefficient (Wildman–Crippen LogP) is 5.01. The molecule has 0 aliphatic carbocycles. The summed E-state index contributed by atoms with van der Waals surface area (Å²) in [6.45, 7) is 0. The van der Waals surface area contributed by atoms with E-state index in [9.17, 15) is 4.79 Å². The lowest BCUT2D eigenvalue weighted by atomic mass is 10.1. The van der Waals surface area contributed by atoms with Crippen LogP contribution in [-0.2, 0) is 0 Å². The zero-order valence-corrected chi connectivity index (χ0v) is 14.8. The van der Waals surface area contributed by atoms with Crippen molar-refractivity contribution in [2.75, 3.05) is 5.73 Å². The Morgan fingerprint density at radius 2 is 1.85 bits per heavy atom. The minimum atomic E-state index is -0.441. The zero-order valence-electron chi connectivity index (χ0n) is 13.2. The van der Waals surface area contributed by atoms with Crippen molar-refractivity contribution in [2.45, 2.75) is 0 Å². The molecule has 0 unspecified atom stereocenters. The molecule has 26 heavy (non-hydrogen) atoms. The van der Waals surface area contributed by atoms with Crippen molar-refractivity contribution in [3.63, 3.8) is 0 Å². The smallest absolute Gasteiger partial charge is 0.232 e. The van der Waals surface area contributed by atoms with Crippen molar-refractivity contribution in [1.29, 1.82) is 0 Å². The lowest BCUT2D eigenvalue weighted by Gasteiger charge is -2.02. The number of benzene rings is 2. The summed E-state index contributed by atoms with van der Waals surface area (Å²) in [5, 5.41) is 1.12. The average molecular weight is 384 g/mol. The Balaban J connectivity index is 1.81. The van der Waals surface area contributed by atoms with Crippen LogP contribution in [0.1, 0.15) is 16.1 Å². The molecular formula is C19H11Cl2N3O2. The highest BCUT2D eigenvalue weighted by Crippen LogP contribution is 2.32. The lowest BCUT2D eigenvalue weighted by molar-refractivity contribution is 0.101. The van der Waals surface area contributed by atoms with Crippen LogP contribution in [0, 0.1) is 0 Å². The second-order valence-electron chi connectivity index (χ2n) is 5.58. The number of carbonyl (C=O) groups is 1. The van der Waals surface area contributed by atoms with E-state index in [2.05, 4.69) is 9.97 Å². The van der Waals surface area contributed by atoms with Crippen molar-refractivity contribution < 1.29 is 9.21 Å². The second-order valence-corrected chi connectivity index (χ2v) is 6.42. The largest absolute Gasteiger partial charge is 0.432 e. The maximum Gasteiger partial charge on any atom is 0.232 e. The number of hydrogen-bond donors (Lipinski definition) is 1. The van der Waals surface area contributed by atoms with Crippen LogP contribution in [0.15, 0.2) is 59.1 Å². The number of aromatic nitrogens is 2. The molecule has 0 saturated carbocycles. The highest BCUT2D eigenvalue weighted by atomic mass is 35.5. The Kier molecular flexibility index (Phi) is 4.11. The van der Waals surface area contributed by atoms with Crippen LogP contribution in [0.25, 0.3) is 22.5 Å². The zero-order chi connectivity index (χ0) is 18.3. The quantitative estimate of drug-likeness (QED) is 0.502. The summed E-state index contributed by atoms with van der Waals surface area (Å²) in [7, 11) is 0. The first-order chi connectivity index (χ1) is 12.5. The topological polar surface area (TPSA) is 82.0 Å². The molecule has 2 aromatic carbocycles. The third-order valence-electron chi connectivity index (χ3n) is 3.90. The molecule has 4 aromatic rings. The molecule has 5 nitrogen and oxygen atoms in total. The van der Waals surface area contributed by atoms with Gasteiger partial charge in [-0.3, -0.25) is 4.79 Å². The van der Waals surface area contributed by atoms with Gasteiger partial charge >= 0.3 is 0 Å². The van der Waals surface area contributed by atoms with Crippen LogP contribution < -0.4 is 5.73 Å². The first-order valence-electron chi connectivity index (χ1n) is 7.65. The Bertz CT molecular complexity index is 1140. The molecule has 128 valence electrons. The van der Waals surface area contributed by atoms with Gasteiger partial charge in [0.05, 0.1) is 16.1 Å². The molecule has 0 aliphatic rings. The summed E-state index contributed by atoms with van der Waals surface area (Å²) in [5.74, 6) is 0.0162. The van der Waals surface area contributed by atoms with E-state index in [4.69, 9.17) is 33.4 Å². The van der Waals surface area contributed by atoms with Crippen molar-refractivity contribution in [2.24, 2.45) is 0 Å². The highest BCUT2D eigenvalue weighted by molar-refractivity contribution is 6.37. The van der Waals surface area contributed by atoms with Gasteiger partial charge in [-0.15, -0.1) is 0 Å². The van der Waals surface area contributed by atoms with Gasteiger partial charge in [-0.05, 0) is 18.2 Å². The summed E-state index contributed by atoms with van der Waals surface area (Å²) in [6, 6.07) is 14.0. The molecule has 2 aromatic heterocycles. The minimum Gasteiger partial charge on any atom is -0.432 e. The van der Waals surface area contributed by atoms with Crippen LogP contribution in [0.2, 0.25) is 10.0 Å². The molecule has 0 aliphatic heterocycles. The Hall–Kier alpha value is -2.89. The molecule has 0 amide bonds. The van der Waals surface area contributed by atoms with E-state index in [-0.39, 0.29) is 27.7 Å². The molecule has 0 saturated heterocycles. The van der Waals surface area contributed by atoms with Crippen LogP contribution in [0.5, 0.6) is 0 Å². The maximum absolute atomic E-state index is 12.8. The molecule has 0 radical (unpaired) electrons. The van der Waals surface area contributed by atoms with E-state index in [1.54, 1.807) is 12.3 Å². The van der Waals surface area contributed by atoms with Gasteiger partial charge in [0.2, 0.25) is 17.3 Å². The standard InChI is InChI=1S/C19H11Cl2N3O2/c20-11-6-7-12(14(21)8-11)16(25)17-15(22)13-9-23-18(24-19(13)26-17)10-4-2-1-3-5-10/h1-9H,22H2. The molecule has 0 fully saturated rings. The summed E-state index contributed by atoms with van der Waals surface area (Å²) in [4.78, 5) is 21.5. The van der Waals surface area contributed by atoms with E-state index in [1.807, 2.05) is 30.3 Å². The molecule has 0 spiro atoms. The van der Waals surface area contributed by atoms with E-state index < -0.39 is 5.78 Å². The van der Waals surface area contributed by atoms with Crippen molar-refractivity contribution >= 4 is 45.8 Å². The number of fused-ring (bicyclic) bond motifs is 1. The first-order valence-corrected chi connectivity index (χ1v) is 8.40. The Labute approximate surface area is 158 Å². The normalized spacial score (nSPS) is 11.0. The fourth-order valence-corrected chi connectivity index (χ4v) is 3.09. The third-order valence-corrected chi connectivity index (χ3v) is 4.45. The van der Waals surface area contributed by atoms with E-state index in [0.717, 1.165) is 5.56 Å². The Morgan fingerprint density at radius 1 is 1.08 bits per heavy atom. The van der Waals surface area contributed by atoms with Gasteiger partial charge in [-0.2, -0.15) is 4.98 Å². The number of anilines is 1. The van der Waals surface area contributed by atoms with Gasteiger partial charge in [0, 0.05) is 22.3 Å². The van der Waals surface area contributed by atoms with E-state index >= 15 is 0 Å². The molecule has 2 N–H and O–H groups in total. The maximum atomic E-state index is 12.8.